The Balaban J connectivity index is 2.06. The lowest BCUT2D eigenvalue weighted by molar-refractivity contribution is 0.104. The van der Waals surface area contributed by atoms with Gasteiger partial charge >= 0.3 is 0 Å². The average molecular weight is 258 g/mol. The van der Waals surface area contributed by atoms with Gasteiger partial charge < -0.3 is 9.67 Å². The Morgan fingerprint density at radius 3 is 2.95 bits per heavy atom. The van der Waals surface area contributed by atoms with Crippen LogP contribution in [0, 0.1) is 0 Å². The molecule has 1 aromatic heterocycles. The maximum atomic E-state index is 9.94. The molecule has 1 N–H and O–H groups in total. The summed E-state index contributed by atoms with van der Waals surface area (Å²) in [6.07, 6.45) is 6.08. The van der Waals surface area contributed by atoms with Crippen molar-refractivity contribution in [3.63, 3.8) is 0 Å². The monoisotopic (exact) mass is 258 g/mol. The molecule has 0 bridgehead atoms. The Kier molecular flexibility index (Phi) is 3.56. The van der Waals surface area contributed by atoms with E-state index in [0.717, 1.165) is 44.0 Å². The van der Waals surface area contributed by atoms with E-state index in [0.29, 0.717) is 6.04 Å². The number of aryl methyl sites for hydroxylation is 1. The van der Waals surface area contributed by atoms with Crippen molar-refractivity contribution in [3.8, 4) is 0 Å². The molecule has 0 spiro atoms. The summed E-state index contributed by atoms with van der Waals surface area (Å²) in [6.45, 7) is 2.19. The van der Waals surface area contributed by atoms with Crippen LogP contribution < -0.4 is 0 Å². The van der Waals surface area contributed by atoms with E-state index in [4.69, 9.17) is 4.98 Å². The molecule has 1 heterocycles. The van der Waals surface area contributed by atoms with Crippen molar-refractivity contribution in [2.75, 3.05) is 0 Å². The number of nitrogens with zero attached hydrogens (tertiary/aromatic N) is 2. The van der Waals surface area contributed by atoms with Gasteiger partial charge in [0.2, 0.25) is 0 Å². The Hall–Kier alpha value is -1.35. The van der Waals surface area contributed by atoms with Gasteiger partial charge in [-0.05, 0) is 44.2 Å². The van der Waals surface area contributed by atoms with Crippen molar-refractivity contribution in [1.29, 1.82) is 0 Å². The van der Waals surface area contributed by atoms with Gasteiger partial charge in [-0.1, -0.05) is 19.1 Å². The third kappa shape index (κ3) is 2.39. The fourth-order valence-corrected chi connectivity index (χ4v) is 3.28. The highest BCUT2D eigenvalue weighted by Gasteiger charge is 2.24. The Morgan fingerprint density at radius 1 is 1.32 bits per heavy atom. The molecule has 0 amide bonds. The van der Waals surface area contributed by atoms with E-state index in [-0.39, 0.29) is 6.10 Å². The second-order valence-electron chi connectivity index (χ2n) is 5.61. The molecule has 1 aliphatic rings. The van der Waals surface area contributed by atoms with Crippen LogP contribution in [-0.4, -0.2) is 20.8 Å². The molecule has 0 radical (unpaired) electrons. The minimum atomic E-state index is -0.144. The number of rotatable bonds is 3. The molecule has 19 heavy (non-hydrogen) atoms. The van der Waals surface area contributed by atoms with E-state index in [9.17, 15) is 5.11 Å². The first-order valence-corrected chi connectivity index (χ1v) is 7.43. The second-order valence-corrected chi connectivity index (χ2v) is 5.61. The van der Waals surface area contributed by atoms with Crippen molar-refractivity contribution in [2.45, 2.75) is 57.6 Å². The zero-order chi connectivity index (χ0) is 13.2. The molecule has 2 atom stereocenters. The lowest BCUT2D eigenvalue weighted by Crippen LogP contribution is -2.23. The smallest absolute Gasteiger partial charge is 0.110 e. The van der Waals surface area contributed by atoms with E-state index in [1.165, 1.54) is 11.3 Å². The molecule has 0 saturated heterocycles. The summed E-state index contributed by atoms with van der Waals surface area (Å²) >= 11 is 0. The number of imidazole rings is 1. The van der Waals surface area contributed by atoms with Gasteiger partial charge in [-0.25, -0.2) is 4.98 Å². The van der Waals surface area contributed by atoms with Crippen LogP contribution in [-0.2, 0) is 6.42 Å². The first kappa shape index (κ1) is 12.7. The number of aliphatic hydroxyl groups excluding tert-OH is 1. The summed E-state index contributed by atoms with van der Waals surface area (Å²) < 4.78 is 2.39. The van der Waals surface area contributed by atoms with Crippen LogP contribution in [0.25, 0.3) is 11.0 Å². The zero-order valence-corrected chi connectivity index (χ0v) is 11.5. The molecule has 3 nitrogen and oxygen atoms in total. The zero-order valence-electron chi connectivity index (χ0n) is 11.5. The maximum absolute atomic E-state index is 9.94. The summed E-state index contributed by atoms with van der Waals surface area (Å²) in [5.41, 5.74) is 2.32. The van der Waals surface area contributed by atoms with E-state index in [2.05, 4.69) is 29.7 Å². The van der Waals surface area contributed by atoms with Crippen molar-refractivity contribution < 1.29 is 5.11 Å². The van der Waals surface area contributed by atoms with Gasteiger partial charge in [-0.3, -0.25) is 0 Å². The minimum absolute atomic E-state index is 0.144. The Morgan fingerprint density at radius 2 is 2.16 bits per heavy atom. The van der Waals surface area contributed by atoms with Gasteiger partial charge in [0.15, 0.2) is 0 Å². The van der Waals surface area contributed by atoms with Crippen LogP contribution >= 0.6 is 0 Å². The van der Waals surface area contributed by atoms with Crippen LogP contribution in [0.5, 0.6) is 0 Å². The van der Waals surface area contributed by atoms with Crippen molar-refractivity contribution in [3.05, 3.63) is 30.1 Å². The molecule has 0 aliphatic heterocycles. The molecule has 3 rings (SSSR count). The molecular weight excluding hydrogens is 236 g/mol. The first-order valence-electron chi connectivity index (χ1n) is 7.43. The summed E-state index contributed by atoms with van der Waals surface area (Å²) in [7, 11) is 0. The second kappa shape index (κ2) is 5.33. The molecular formula is C16H22N2O. The predicted octanol–water partition coefficient (Wildman–Crippen LogP) is 3.46. The van der Waals surface area contributed by atoms with Gasteiger partial charge in [-0.15, -0.1) is 0 Å². The molecule has 2 aromatic rings. The maximum Gasteiger partial charge on any atom is 0.110 e. The van der Waals surface area contributed by atoms with Crippen LogP contribution in [0.15, 0.2) is 24.3 Å². The van der Waals surface area contributed by atoms with E-state index in [1.807, 2.05) is 6.07 Å². The van der Waals surface area contributed by atoms with Crippen molar-refractivity contribution in [2.24, 2.45) is 0 Å². The Labute approximate surface area is 114 Å². The summed E-state index contributed by atoms with van der Waals surface area (Å²) in [6, 6.07) is 8.78. The average Bonchev–Trinajstić information content (AvgIpc) is 2.77. The number of aliphatic hydroxyl groups is 1. The van der Waals surface area contributed by atoms with Gasteiger partial charge in [0, 0.05) is 12.5 Å². The quantitative estimate of drug-likeness (QED) is 0.915. The van der Waals surface area contributed by atoms with E-state index in [1.54, 1.807) is 0 Å². The Bertz CT molecular complexity index is 561. The summed E-state index contributed by atoms with van der Waals surface area (Å²) in [5.74, 6) is 1.18. The SMILES string of the molecule is CCCc1nc2ccccc2n1C1CCCC(O)C1. The number of hydrogen-bond acceptors (Lipinski definition) is 2. The molecule has 1 aliphatic carbocycles. The topological polar surface area (TPSA) is 38.0 Å². The standard InChI is InChI=1S/C16H22N2O/c1-2-6-16-17-14-9-3-4-10-15(14)18(16)12-7-5-8-13(19)11-12/h3-4,9-10,12-13,19H,2,5-8,11H2,1H3. The molecule has 2 unspecified atom stereocenters. The highest BCUT2D eigenvalue weighted by Crippen LogP contribution is 2.33. The van der Waals surface area contributed by atoms with Crippen LogP contribution in [0.2, 0.25) is 0 Å². The van der Waals surface area contributed by atoms with E-state index >= 15 is 0 Å². The molecule has 1 fully saturated rings. The van der Waals surface area contributed by atoms with E-state index < -0.39 is 0 Å². The van der Waals surface area contributed by atoms with Crippen LogP contribution in [0.3, 0.4) is 0 Å². The molecule has 3 heteroatoms. The number of hydrogen-bond donors (Lipinski definition) is 1. The fraction of sp³-hybridized carbons (Fsp3) is 0.562. The highest BCUT2D eigenvalue weighted by molar-refractivity contribution is 5.76. The van der Waals surface area contributed by atoms with Crippen LogP contribution in [0.1, 0.15) is 50.9 Å². The first-order chi connectivity index (χ1) is 9.29. The summed E-state index contributed by atoms with van der Waals surface area (Å²) in [5, 5.41) is 9.94. The normalized spacial score (nSPS) is 23.9. The van der Waals surface area contributed by atoms with Crippen molar-refractivity contribution >= 4 is 11.0 Å². The number of aromatic nitrogens is 2. The third-order valence-electron chi connectivity index (χ3n) is 4.13. The molecule has 1 aromatic carbocycles. The number of fused-ring (bicyclic) bond motifs is 1. The summed E-state index contributed by atoms with van der Waals surface area (Å²) in [4.78, 5) is 4.78. The fourth-order valence-electron chi connectivity index (χ4n) is 3.28. The van der Waals surface area contributed by atoms with Crippen molar-refractivity contribution in [1.82, 2.24) is 9.55 Å². The van der Waals surface area contributed by atoms with Gasteiger partial charge in [0.25, 0.3) is 0 Å². The molecule has 1 saturated carbocycles. The highest BCUT2D eigenvalue weighted by atomic mass is 16.3. The van der Waals surface area contributed by atoms with Gasteiger partial charge in [0.1, 0.15) is 5.82 Å². The predicted molar refractivity (Wildman–Crippen MR) is 77.2 cm³/mol. The lowest BCUT2D eigenvalue weighted by Gasteiger charge is -2.28. The lowest BCUT2D eigenvalue weighted by atomic mass is 9.92. The minimum Gasteiger partial charge on any atom is -0.393 e. The third-order valence-corrected chi connectivity index (χ3v) is 4.13. The number of para-hydroxylation sites is 2. The van der Waals surface area contributed by atoms with Crippen LogP contribution in [0.4, 0.5) is 0 Å². The largest absolute Gasteiger partial charge is 0.393 e. The number of benzene rings is 1. The van der Waals surface area contributed by atoms with Gasteiger partial charge in [0.05, 0.1) is 17.1 Å². The van der Waals surface area contributed by atoms with Gasteiger partial charge in [-0.2, -0.15) is 0 Å². The molecule has 102 valence electrons.